The third kappa shape index (κ3) is 3.71. The summed E-state index contributed by atoms with van der Waals surface area (Å²) in [6, 6.07) is 23.5. The van der Waals surface area contributed by atoms with E-state index < -0.39 is 5.24 Å². The summed E-state index contributed by atoms with van der Waals surface area (Å²) in [5.74, 6) is 1.93. The molecule has 0 spiro atoms. The molecule has 3 aromatic carbocycles. The van der Waals surface area contributed by atoms with Gasteiger partial charge in [0.05, 0.1) is 0 Å². The number of ether oxygens (including phenoxy) is 2. The van der Waals surface area contributed by atoms with Crippen molar-refractivity contribution >= 4 is 16.8 Å². The molecule has 0 atom stereocenters. The predicted molar refractivity (Wildman–Crippen MR) is 89.7 cm³/mol. The number of benzene rings is 3. The largest absolute Gasteiger partial charge is 0.456 e. The highest BCUT2D eigenvalue weighted by molar-refractivity contribution is 6.68. The summed E-state index contributed by atoms with van der Waals surface area (Å²) in [5.41, 5.74) is 0.196. The third-order valence-electron chi connectivity index (χ3n) is 3.13. The SMILES string of the molecule is O=C(Cl)c1c(Oc2ccccc2)cccc1Oc1ccccc1. The fourth-order valence-electron chi connectivity index (χ4n) is 2.11. The van der Waals surface area contributed by atoms with Crippen LogP contribution in [0.3, 0.4) is 0 Å². The van der Waals surface area contributed by atoms with E-state index in [9.17, 15) is 4.79 Å². The molecule has 0 aliphatic rings. The first-order valence-electron chi connectivity index (χ1n) is 7.02. The van der Waals surface area contributed by atoms with Crippen molar-refractivity contribution in [3.05, 3.63) is 84.4 Å². The molecule has 4 heteroatoms. The van der Waals surface area contributed by atoms with E-state index in [1.807, 2.05) is 36.4 Å². The Hall–Kier alpha value is -2.78. The zero-order chi connectivity index (χ0) is 16.1. The summed E-state index contributed by atoms with van der Waals surface area (Å²) < 4.78 is 11.5. The molecule has 0 aliphatic carbocycles. The monoisotopic (exact) mass is 324 g/mol. The Bertz CT molecular complexity index is 742. The van der Waals surface area contributed by atoms with E-state index in [2.05, 4.69) is 0 Å². The molecule has 3 nitrogen and oxygen atoms in total. The molecular formula is C19H13ClO3. The Morgan fingerprint density at radius 3 is 1.48 bits per heavy atom. The minimum atomic E-state index is -0.637. The molecule has 0 bridgehead atoms. The molecule has 0 aliphatic heterocycles. The van der Waals surface area contributed by atoms with E-state index in [0.29, 0.717) is 23.0 Å². The van der Waals surface area contributed by atoms with E-state index in [0.717, 1.165) is 0 Å². The maximum absolute atomic E-state index is 11.9. The molecule has 0 fully saturated rings. The van der Waals surface area contributed by atoms with Gasteiger partial charge in [-0.3, -0.25) is 4.79 Å². The summed E-state index contributed by atoms with van der Waals surface area (Å²) in [6.07, 6.45) is 0. The lowest BCUT2D eigenvalue weighted by Gasteiger charge is -2.13. The summed E-state index contributed by atoms with van der Waals surface area (Å²) in [6.45, 7) is 0. The van der Waals surface area contributed by atoms with Crippen LogP contribution in [-0.4, -0.2) is 5.24 Å². The zero-order valence-electron chi connectivity index (χ0n) is 12.1. The van der Waals surface area contributed by atoms with Crippen LogP contribution in [0.5, 0.6) is 23.0 Å². The van der Waals surface area contributed by atoms with Gasteiger partial charge in [-0.05, 0) is 48.0 Å². The van der Waals surface area contributed by atoms with Crippen LogP contribution in [0.25, 0.3) is 0 Å². The van der Waals surface area contributed by atoms with Gasteiger partial charge in [-0.15, -0.1) is 0 Å². The van der Waals surface area contributed by atoms with Crippen LogP contribution >= 0.6 is 11.6 Å². The number of para-hydroxylation sites is 2. The molecule has 0 saturated carbocycles. The van der Waals surface area contributed by atoms with Gasteiger partial charge in [-0.2, -0.15) is 0 Å². The van der Waals surface area contributed by atoms with Gasteiger partial charge < -0.3 is 9.47 Å². The Kier molecular flexibility index (Phi) is 4.60. The van der Waals surface area contributed by atoms with Gasteiger partial charge in [0, 0.05) is 0 Å². The molecule has 23 heavy (non-hydrogen) atoms. The van der Waals surface area contributed by atoms with E-state index in [1.165, 1.54) is 0 Å². The summed E-state index contributed by atoms with van der Waals surface area (Å²) in [4.78, 5) is 11.9. The number of hydrogen-bond donors (Lipinski definition) is 0. The quantitative estimate of drug-likeness (QED) is 0.569. The number of carbonyl (C=O) groups excluding carboxylic acids is 1. The van der Waals surface area contributed by atoms with Crippen molar-refractivity contribution in [3.8, 4) is 23.0 Å². The van der Waals surface area contributed by atoms with Crippen LogP contribution in [0.2, 0.25) is 0 Å². The molecule has 0 aromatic heterocycles. The van der Waals surface area contributed by atoms with Crippen LogP contribution in [0.4, 0.5) is 0 Å². The third-order valence-corrected chi connectivity index (χ3v) is 3.32. The van der Waals surface area contributed by atoms with Crippen molar-refractivity contribution in [1.29, 1.82) is 0 Å². The maximum Gasteiger partial charge on any atom is 0.259 e. The Morgan fingerprint density at radius 1 is 0.652 bits per heavy atom. The second-order valence-electron chi connectivity index (χ2n) is 4.73. The Labute approximate surface area is 139 Å². The fraction of sp³-hybridized carbons (Fsp3) is 0. The lowest BCUT2D eigenvalue weighted by atomic mass is 10.2. The van der Waals surface area contributed by atoms with Crippen molar-refractivity contribution in [3.63, 3.8) is 0 Å². The zero-order valence-corrected chi connectivity index (χ0v) is 12.9. The average molecular weight is 325 g/mol. The fourth-order valence-corrected chi connectivity index (χ4v) is 2.29. The number of carbonyl (C=O) groups is 1. The molecule has 0 heterocycles. The van der Waals surface area contributed by atoms with Crippen LogP contribution in [0.15, 0.2) is 78.9 Å². The van der Waals surface area contributed by atoms with Gasteiger partial charge >= 0.3 is 0 Å². The molecule has 3 aromatic rings. The highest BCUT2D eigenvalue weighted by Crippen LogP contribution is 2.35. The van der Waals surface area contributed by atoms with Crippen molar-refractivity contribution in [2.45, 2.75) is 0 Å². The minimum Gasteiger partial charge on any atom is -0.456 e. The smallest absolute Gasteiger partial charge is 0.259 e. The summed E-state index contributed by atoms with van der Waals surface area (Å²) in [5, 5.41) is -0.637. The number of hydrogen-bond acceptors (Lipinski definition) is 3. The first-order chi connectivity index (χ1) is 11.2. The normalized spacial score (nSPS) is 10.1. The minimum absolute atomic E-state index is 0.196. The number of halogens is 1. The molecule has 114 valence electrons. The Balaban J connectivity index is 1.97. The van der Waals surface area contributed by atoms with Crippen molar-refractivity contribution < 1.29 is 14.3 Å². The molecule has 0 saturated heterocycles. The number of rotatable bonds is 5. The van der Waals surface area contributed by atoms with Crippen molar-refractivity contribution in [2.24, 2.45) is 0 Å². The molecule has 0 amide bonds. The summed E-state index contributed by atoms with van der Waals surface area (Å²) in [7, 11) is 0. The molecule has 3 rings (SSSR count). The van der Waals surface area contributed by atoms with E-state index in [-0.39, 0.29) is 5.56 Å². The standard InChI is InChI=1S/C19H13ClO3/c20-19(21)18-16(22-14-8-3-1-4-9-14)12-7-13-17(18)23-15-10-5-2-6-11-15/h1-13H. The average Bonchev–Trinajstić information content (AvgIpc) is 2.56. The van der Waals surface area contributed by atoms with Gasteiger partial charge in [0.1, 0.15) is 28.6 Å². The van der Waals surface area contributed by atoms with Crippen molar-refractivity contribution in [2.75, 3.05) is 0 Å². The van der Waals surface area contributed by atoms with Crippen LogP contribution in [0, 0.1) is 0 Å². The maximum atomic E-state index is 11.9. The predicted octanol–water partition coefficient (Wildman–Crippen LogP) is 5.65. The molecule has 0 N–H and O–H groups in total. The van der Waals surface area contributed by atoms with Gasteiger partial charge in [-0.25, -0.2) is 0 Å². The van der Waals surface area contributed by atoms with Gasteiger partial charge in [-0.1, -0.05) is 42.5 Å². The van der Waals surface area contributed by atoms with Crippen molar-refractivity contribution in [1.82, 2.24) is 0 Å². The van der Waals surface area contributed by atoms with Crippen LogP contribution < -0.4 is 9.47 Å². The molecule has 0 radical (unpaired) electrons. The van der Waals surface area contributed by atoms with E-state index in [1.54, 1.807) is 42.5 Å². The van der Waals surface area contributed by atoms with Crippen LogP contribution in [0.1, 0.15) is 10.4 Å². The topological polar surface area (TPSA) is 35.5 Å². The molecule has 0 unspecified atom stereocenters. The second-order valence-corrected chi connectivity index (χ2v) is 5.08. The first kappa shape index (κ1) is 15.1. The lowest BCUT2D eigenvalue weighted by molar-refractivity contribution is 0.107. The van der Waals surface area contributed by atoms with Gasteiger partial charge in [0.25, 0.3) is 5.24 Å². The van der Waals surface area contributed by atoms with E-state index >= 15 is 0 Å². The second kappa shape index (κ2) is 6.99. The van der Waals surface area contributed by atoms with Gasteiger partial charge in [0.15, 0.2) is 0 Å². The highest BCUT2D eigenvalue weighted by atomic mass is 35.5. The lowest BCUT2D eigenvalue weighted by Crippen LogP contribution is -1.99. The highest BCUT2D eigenvalue weighted by Gasteiger charge is 2.18. The Morgan fingerprint density at radius 2 is 1.09 bits per heavy atom. The summed E-state index contributed by atoms with van der Waals surface area (Å²) >= 11 is 5.75. The van der Waals surface area contributed by atoms with E-state index in [4.69, 9.17) is 21.1 Å². The first-order valence-corrected chi connectivity index (χ1v) is 7.40. The van der Waals surface area contributed by atoms with Crippen LogP contribution in [-0.2, 0) is 0 Å². The van der Waals surface area contributed by atoms with Gasteiger partial charge in [0.2, 0.25) is 0 Å². The molecular weight excluding hydrogens is 312 g/mol.